The first-order valence-corrected chi connectivity index (χ1v) is 8.28. The third-order valence-electron chi connectivity index (χ3n) is 3.23. The Morgan fingerprint density at radius 3 is 2.85 bits per heavy atom. The van der Waals surface area contributed by atoms with Crippen LogP contribution in [0.15, 0.2) is 5.03 Å². The summed E-state index contributed by atoms with van der Waals surface area (Å²) in [4.78, 5) is 0. The van der Waals surface area contributed by atoms with E-state index in [0.29, 0.717) is 24.6 Å². The van der Waals surface area contributed by atoms with Gasteiger partial charge in [0.25, 0.3) is 10.0 Å². The molecule has 20 heavy (non-hydrogen) atoms. The van der Waals surface area contributed by atoms with Gasteiger partial charge in [0.2, 0.25) is 0 Å². The van der Waals surface area contributed by atoms with E-state index in [1.54, 1.807) is 14.0 Å². The molecule has 1 aliphatic rings. The number of ether oxygens (including phenoxy) is 1. The van der Waals surface area contributed by atoms with Crippen molar-refractivity contribution in [1.29, 1.82) is 0 Å². The number of nitrogens with zero attached hydrogens (tertiary/aromatic N) is 1. The first-order chi connectivity index (χ1) is 9.54. The van der Waals surface area contributed by atoms with Crippen molar-refractivity contribution >= 4 is 10.0 Å². The highest BCUT2D eigenvalue weighted by Gasteiger charge is 2.23. The van der Waals surface area contributed by atoms with Crippen LogP contribution >= 0.6 is 0 Å². The molecular formula is C12H22N4O3S. The third-order valence-corrected chi connectivity index (χ3v) is 4.66. The van der Waals surface area contributed by atoms with Gasteiger partial charge in [-0.05, 0) is 32.7 Å². The maximum absolute atomic E-state index is 12.2. The van der Waals surface area contributed by atoms with E-state index in [0.717, 1.165) is 12.3 Å². The highest BCUT2D eigenvalue weighted by Crippen LogP contribution is 2.28. The first-order valence-electron chi connectivity index (χ1n) is 6.80. The predicted octanol–water partition coefficient (Wildman–Crippen LogP) is 0.142. The summed E-state index contributed by atoms with van der Waals surface area (Å²) in [7, 11) is -1.82. The zero-order valence-corrected chi connectivity index (χ0v) is 12.7. The zero-order chi connectivity index (χ0) is 14.6. The highest BCUT2D eigenvalue weighted by atomic mass is 32.2. The van der Waals surface area contributed by atoms with Crippen LogP contribution < -0.4 is 10.0 Å². The number of rotatable bonds is 9. The number of aryl methyl sites for hydroxylation is 1. The molecule has 0 amide bonds. The normalized spacial score (nSPS) is 15.7. The highest BCUT2D eigenvalue weighted by molar-refractivity contribution is 7.89. The van der Waals surface area contributed by atoms with Crippen molar-refractivity contribution in [2.75, 3.05) is 26.8 Å². The Balaban J connectivity index is 1.88. The van der Waals surface area contributed by atoms with Gasteiger partial charge in [-0.3, -0.25) is 5.10 Å². The van der Waals surface area contributed by atoms with E-state index in [-0.39, 0.29) is 11.6 Å². The van der Waals surface area contributed by atoms with Crippen LogP contribution in [0.5, 0.6) is 0 Å². The van der Waals surface area contributed by atoms with Gasteiger partial charge in [-0.25, -0.2) is 13.1 Å². The molecule has 0 aliphatic heterocycles. The predicted molar refractivity (Wildman–Crippen MR) is 74.8 cm³/mol. The van der Waals surface area contributed by atoms with Crippen molar-refractivity contribution in [3.05, 3.63) is 11.3 Å². The molecule has 1 aliphatic carbocycles. The van der Waals surface area contributed by atoms with Gasteiger partial charge in [0.15, 0.2) is 5.03 Å². The molecule has 3 N–H and O–H groups in total. The summed E-state index contributed by atoms with van der Waals surface area (Å²) in [5, 5.41) is 9.60. The lowest BCUT2D eigenvalue weighted by molar-refractivity contribution is 0.129. The number of H-pyrrole nitrogens is 1. The van der Waals surface area contributed by atoms with E-state index in [1.165, 1.54) is 12.8 Å². The number of sulfonamides is 1. The molecular weight excluding hydrogens is 280 g/mol. The Morgan fingerprint density at radius 2 is 2.20 bits per heavy atom. The minimum atomic E-state index is -3.59. The van der Waals surface area contributed by atoms with Gasteiger partial charge >= 0.3 is 0 Å². The smallest absolute Gasteiger partial charge is 0.260 e. The van der Waals surface area contributed by atoms with Crippen LogP contribution in [-0.4, -0.2) is 45.4 Å². The SMILES string of the molecule is CNCc1c(S(=O)(=O)NCCOCC2CC2)n[nH]c1C. The van der Waals surface area contributed by atoms with Crippen LogP contribution in [0.3, 0.4) is 0 Å². The molecule has 1 fully saturated rings. The van der Waals surface area contributed by atoms with Gasteiger partial charge in [-0.2, -0.15) is 5.10 Å². The fourth-order valence-corrected chi connectivity index (χ4v) is 3.09. The fraction of sp³-hybridized carbons (Fsp3) is 0.750. The molecule has 2 rings (SSSR count). The number of aromatic nitrogens is 2. The second kappa shape index (κ2) is 6.66. The molecule has 0 unspecified atom stereocenters. The van der Waals surface area contributed by atoms with E-state index < -0.39 is 10.0 Å². The van der Waals surface area contributed by atoms with Gasteiger partial charge in [0, 0.05) is 31.0 Å². The second-order valence-electron chi connectivity index (χ2n) is 5.08. The lowest BCUT2D eigenvalue weighted by Crippen LogP contribution is -2.29. The standard InChI is InChI=1S/C12H22N4O3S/c1-9-11(7-13-2)12(16-15-9)20(17,18)14-5-6-19-8-10-3-4-10/h10,13-14H,3-8H2,1-2H3,(H,15,16). The molecule has 0 bridgehead atoms. The minimum Gasteiger partial charge on any atom is -0.380 e. The van der Waals surface area contributed by atoms with Crippen LogP contribution in [0.2, 0.25) is 0 Å². The van der Waals surface area contributed by atoms with Crippen LogP contribution in [0.25, 0.3) is 0 Å². The Morgan fingerprint density at radius 1 is 1.45 bits per heavy atom. The summed E-state index contributed by atoms with van der Waals surface area (Å²) in [5.41, 5.74) is 1.42. The van der Waals surface area contributed by atoms with Crippen molar-refractivity contribution in [3.8, 4) is 0 Å². The Bertz CT molecular complexity index is 537. The lowest BCUT2D eigenvalue weighted by atomic mass is 10.3. The Hall–Kier alpha value is -0.960. The average molecular weight is 302 g/mol. The summed E-state index contributed by atoms with van der Waals surface area (Å²) in [6, 6.07) is 0. The average Bonchev–Trinajstić information content (AvgIpc) is 3.14. The van der Waals surface area contributed by atoms with E-state index in [1.807, 2.05) is 0 Å². The van der Waals surface area contributed by atoms with Crippen LogP contribution in [-0.2, 0) is 21.3 Å². The third kappa shape index (κ3) is 4.02. The second-order valence-corrected chi connectivity index (χ2v) is 6.76. The van der Waals surface area contributed by atoms with Gasteiger partial charge in [-0.15, -0.1) is 0 Å². The molecule has 8 heteroatoms. The van der Waals surface area contributed by atoms with Crippen molar-refractivity contribution in [2.45, 2.75) is 31.3 Å². The van der Waals surface area contributed by atoms with E-state index in [4.69, 9.17) is 4.74 Å². The van der Waals surface area contributed by atoms with Crippen molar-refractivity contribution in [3.63, 3.8) is 0 Å². The van der Waals surface area contributed by atoms with Gasteiger partial charge < -0.3 is 10.1 Å². The van der Waals surface area contributed by atoms with Gasteiger partial charge in [0.05, 0.1) is 6.61 Å². The summed E-state index contributed by atoms with van der Waals surface area (Å²) in [6.07, 6.45) is 2.46. The quantitative estimate of drug-likeness (QED) is 0.564. The summed E-state index contributed by atoms with van der Waals surface area (Å²) in [5.74, 6) is 0.683. The van der Waals surface area contributed by atoms with E-state index in [2.05, 4.69) is 20.2 Å². The maximum Gasteiger partial charge on any atom is 0.260 e. The molecule has 0 spiro atoms. The lowest BCUT2D eigenvalue weighted by Gasteiger charge is -2.07. The molecule has 1 saturated carbocycles. The monoisotopic (exact) mass is 302 g/mol. The summed E-state index contributed by atoms with van der Waals surface area (Å²) >= 11 is 0. The molecule has 0 aromatic carbocycles. The van der Waals surface area contributed by atoms with Crippen LogP contribution in [0.1, 0.15) is 24.1 Å². The van der Waals surface area contributed by atoms with Crippen LogP contribution in [0.4, 0.5) is 0 Å². The molecule has 0 saturated heterocycles. The Kier molecular flexibility index (Phi) is 5.14. The van der Waals surface area contributed by atoms with E-state index in [9.17, 15) is 8.42 Å². The van der Waals surface area contributed by atoms with Crippen LogP contribution in [0, 0.1) is 12.8 Å². The molecule has 0 atom stereocenters. The zero-order valence-electron chi connectivity index (χ0n) is 11.9. The Labute approximate surface area is 119 Å². The number of hydrogen-bond donors (Lipinski definition) is 3. The molecule has 0 radical (unpaired) electrons. The topological polar surface area (TPSA) is 96.1 Å². The summed E-state index contributed by atoms with van der Waals surface area (Å²) < 4.78 is 32.3. The number of nitrogens with one attached hydrogen (secondary N) is 3. The van der Waals surface area contributed by atoms with Crippen molar-refractivity contribution < 1.29 is 13.2 Å². The number of hydrogen-bond acceptors (Lipinski definition) is 5. The van der Waals surface area contributed by atoms with Crippen molar-refractivity contribution in [2.24, 2.45) is 5.92 Å². The molecule has 7 nitrogen and oxygen atoms in total. The number of aromatic amines is 1. The van der Waals surface area contributed by atoms with Gasteiger partial charge in [-0.1, -0.05) is 0 Å². The molecule has 114 valence electrons. The largest absolute Gasteiger partial charge is 0.380 e. The van der Waals surface area contributed by atoms with Gasteiger partial charge in [0.1, 0.15) is 0 Å². The minimum absolute atomic E-state index is 0.0616. The fourth-order valence-electron chi connectivity index (χ4n) is 1.89. The molecule has 1 heterocycles. The summed E-state index contributed by atoms with van der Waals surface area (Å²) in [6.45, 7) is 3.64. The van der Waals surface area contributed by atoms with E-state index >= 15 is 0 Å². The maximum atomic E-state index is 12.2. The first kappa shape index (κ1) is 15.4. The molecule has 1 aromatic heterocycles. The van der Waals surface area contributed by atoms with Crippen molar-refractivity contribution in [1.82, 2.24) is 20.2 Å². The molecule has 1 aromatic rings.